The van der Waals surface area contributed by atoms with Crippen molar-refractivity contribution in [3.63, 3.8) is 0 Å². The van der Waals surface area contributed by atoms with Crippen LogP contribution in [-0.4, -0.2) is 87.4 Å². The molecule has 0 aliphatic carbocycles. The first kappa shape index (κ1) is 17.8. The maximum atomic E-state index is 11.8. The molecule has 0 spiro atoms. The molecule has 7 nitrogen and oxygen atoms in total. The van der Waals surface area contributed by atoms with Gasteiger partial charge in [-0.25, -0.2) is 4.79 Å². The Morgan fingerprint density at radius 2 is 1.79 bits per heavy atom. The second-order valence-corrected chi connectivity index (χ2v) is 4.42. The lowest BCUT2D eigenvalue weighted by Crippen LogP contribution is -2.38. The van der Waals surface area contributed by atoms with Crippen LogP contribution in [0.5, 0.6) is 0 Å². The molecule has 19 heavy (non-hydrogen) atoms. The molecular formula is C12H24N2O5. The minimum Gasteiger partial charge on any atom is -0.480 e. The van der Waals surface area contributed by atoms with E-state index in [-0.39, 0.29) is 12.5 Å². The number of ether oxygens (including phenoxy) is 2. The summed E-state index contributed by atoms with van der Waals surface area (Å²) in [7, 11) is 5.51. The topological polar surface area (TPSA) is 79.3 Å². The summed E-state index contributed by atoms with van der Waals surface area (Å²) in [4.78, 5) is 25.8. The van der Waals surface area contributed by atoms with Gasteiger partial charge in [-0.15, -0.1) is 0 Å². The Kier molecular flexibility index (Phi) is 10.1. The van der Waals surface area contributed by atoms with Crippen LogP contribution in [0.3, 0.4) is 0 Å². The van der Waals surface area contributed by atoms with Gasteiger partial charge in [0, 0.05) is 20.2 Å². The number of aliphatic carboxylic acids is 1. The van der Waals surface area contributed by atoms with Crippen molar-refractivity contribution in [3.05, 3.63) is 0 Å². The van der Waals surface area contributed by atoms with Crippen LogP contribution in [0.4, 0.5) is 0 Å². The highest BCUT2D eigenvalue weighted by atomic mass is 16.5. The standard InChI is InChI=1S/C12H24N2O5/c1-13(2)5-4-6-14(7-8-18-3)11(15)9-19-10-12(16)17/h4-10H2,1-3H3,(H,16,17). The number of amides is 1. The average Bonchev–Trinajstić information content (AvgIpc) is 2.32. The van der Waals surface area contributed by atoms with Crippen molar-refractivity contribution in [1.29, 1.82) is 0 Å². The number of nitrogens with zero attached hydrogens (tertiary/aromatic N) is 2. The lowest BCUT2D eigenvalue weighted by atomic mass is 10.3. The quantitative estimate of drug-likeness (QED) is 0.549. The third-order valence-corrected chi connectivity index (χ3v) is 2.40. The number of hydrogen-bond acceptors (Lipinski definition) is 5. The van der Waals surface area contributed by atoms with E-state index in [2.05, 4.69) is 0 Å². The molecule has 112 valence electrons. The Labute approximate surface area is 114 Å². The van der Waals surface area contributed by atoms with E-state index in [1.807, 2.05) is 19.0 Å². The molecule has 0 aromatic heterocycles. The van der Waals surface area contributed by atoms with Gasteiger partial charge >= 0.3 is 5.97 Å². The van der Waals surface area contributed by atoms with Crippen molar-refractivity contribution < 1.29 is 24.2 Å². The van der Waals surface area contributed by atoms with E-state index in [0.717, 1.165) is 13.0 Å². The van der Waals surface area contributed by atoms with Gasteiger partial charge < -0.3 is 24.4 Å². The molecule has 0 aromatic rings. The first-order chi connectivity index (χ1) is 8.97. The van der Waals surface area contributed by atoms with Gasteiger partial charge in [-0.05, 0) is 27.1 Å². The minimum atomic E-state index is -1.08. The Balaban J connectivity index is 4.07. The summed E-state index contributed by atoms with van der Waals surface area (Å²) in [5.74, 6) is -1.29. The predicted molar refractivity (Wildman–Crippen MR) is 70.1 cm³/mol. The van der Waals surface area contributed by atoms with E-state index in [9.17, 15) is 9.59 Å². The molecule has 0 saturated carbocycles. The maximum Gasteiger partial charge on any atom is 0.329 e. The summed E-state index contributed by atoms with van der Waals surface area (Å²) < 4.78 is 9.76. The van der Waals surface area contributed by atoms with Crippen LogP contribution < -0.4 is 0 Å². The molecule has 0 aliphatic heterocycles. The zero-order valence-electron chi connectivity index (χ0n) is 11.9. The molecule has 0 rings (SSSR count). The molecule has 0 unspecified atom stereocenters. The Bertz CT molecular complexity index is 271. The summed E-state index contributed by atoms with van der Waals surface area (Å²) in [5.41, 5.74) is 0. The highest BCUT2D eigenvalue weighted by molar-refractivity contribution is 5.78. The highest BCUT2D eigenvalue weighted by Crippen LogP contribution is 1.96. The molecule has 0 radical (unpaired) electrons. The fourth-order valence-corrected chi connectivity index (χ4v) is 1.46. The number of carbonyl (C=O) groups is 2. The van der Waals surface area contributed by atoms with E-state index in [1.54, 1.807) is 12.0 Å². The lowest BCUT2D eigenvalue weighted by Gasteiger charge is -2.23. The van der Waals surface area contributed by atoms with Crippen LogP contribution in [0.1, 0.15) is 6.42 Å². The van der Waals surface area contributed by atoms with Crippen molar-refractivity contribution in [2.75, 3.05) is 60.7 Å². The first-order valence-corrected chi connectivity index (χ1v) is 6.18. The molecule has 0 saturated heterocycles. The zero-order valence-corrected chi connectivity index (χ0v) is 11.9. The second-order valence-electron chi connectivity index (χ2n) is 4.42. The van der Waals surface area contributed by atoms with Gasteiger partial charge in [-0.2, -0.15) is 0 Å². The van der Waals surface area contributed by atoms with Gasteiger partial charge in [-0.1, -0.05) is 0 Å². The Morgan fingerprint density at radius 3 is 2.32 bits per heavy atom. The molecule has 0 atom stereocenters. The first-order valence-electron chi connectivity index (χ1n) is 6.18. The molecule has 7 heteroatoms. The summed E-state index contributed by atoms with van der Waals surface area (Å²) >= 11 is 0. The van der Waals surface area contributed by atoms with Crippen LogP contribution in [-0.2, 0) is 19.1 Å². The second kappa shape index (κ2) is 10.7. The van der Waals surface area contributed by atoms with Crippen molar-refractivity contribution in [2.45, 2.75) is 6.42 Å². The largest absolute Gasteiger partial charge is 0.480 e. The number of carboxylic acids is 1. The number of hydrogen-bond donors (Lipinski definition) is 1. The normalized spacial score (nSPS) is 10.7. The van der Waals surface area contributed by atoms with E-state index in [1.165, 1.54) is 0 Å². The molecular weight excluding hydrogens is 252 g/mol. The zero-order chi connectivity index (χ0) is 14.7. The van der Waals surface area contributed by atoms with Crippen LogP contribution in [0.15, 0.2) is 0 Å². The van der Waals surface area contributed by atoms with Crippen molar-refractivity contribution in [3.8, 4) is 0 Å². The number of rotatable bonds is 11. The van der Waals surface area contributed by atoms with Gasteiger partial charge in [-0.3, -0.25) is 4.79 Å². The number of carbonyl (C=O) groups excluding carboxylic acids is 1. The number of methoxy groups -OCH3 is 1. The SMILES string of the molecule is COCCN(CCCN(C)C)C(=O)COCC(=O)O. The molecule has 1 N–H and O–H groups in total. The fraction of sp³-hybridized carbons (Fsp3) is 0.833. The van der Waals surface area contributed by atoms with Gasteiger partial charge in [0.25, 0.3) is 0 Å². The van der Waals surface area contributed by atoms with E-state index in [0.29, 0.717) is 19.7 Å². The van der Waals surface area contributed by atoms with Crippen LogP contribution in [0.2, 0.25) is 0 Å². The Morgan fingerprint density at radius 1 is 1.11 bits per heavy atom. The molecule has 0 fully saturated rings. The van der Waals surface area contributed by atoms with Gasteiger partial charge in [0.2, 0.25) is 5.91 Å². The van der Waals surface area contributed by atoms with Gasteiger partial charge in [0.1, 0.15) is 13.2 Å². The minimum absolute atomic E-state index is 0.210. The average molecular weight is 276 g/mol. The third-order valence-electron chi connectivity index (χ3n) is 2.40. The number of carboxylic acid groups (broad SMARTS) is 1. The van der Waals surface area contributed by atoms with E-state index < -0.39 is 12.6 Å². The molecule has 0 aliphatic rings. The smallest absolute Gasteiger partial charge is 0.329 e. The summed E-state index contributed by atoms with van der Waals surface area (Å²) in [6.07, 6.45) is 0.849. The van der Waals surface area contributed by atoms with Crippen molar-refractivity contribution >= 4 is 11.9 Å². The molecule has 0 bridgehead atoms. The summed E-state index contributed by atoms with van der Waals surface area (Å²) in [5, 5.41) is 8.43. The van der Waals surface area contributed by atoms with Gasteiger partial charge in [0.05, 0.1) is 6.61 Å². The maximum absolute atomic E-state index is 11.8. The highest BCUT2D eigenvalue weighted by Gasteiger charge is 2.13. The Hall–Kier alpha value is -1.18. The van der Waals surface area contributed by atoms with E-state index >= 15 is 0 Å². The third kappa shape index (κ3) is 10.4. The van der Waals surface area contributed by atoms with E-state index in [4.69, 9.17) is 14.6 Å². The summed E-state index contributed by atoms with van der Waals surface area (Å²) in [6, 6.07) is 0. The fourth-order valence-electron chi connectivity index (χ4n) is 1.46. The van der Waals surface area contributed by atoms with Crippen LogP contribution in [0.25, 0.3) is 0 Å². The summed E-state index contributed by atoms with van der Waals surface area (Å²) in [6.45, 7) is 1.76. The van der Waals surface area contributed by atoms with Crippen molar-refractivity contribution in [2.24, 2.45) is 0 Å². The lowest BCUT2D eigenvalue weighted by molar-refractivity contribution is -0.146. The molecule has 0 heterocycles. The van der Waals surface area contributed by atoms with Crippen LogP contribution in [0, 0.1) is 0 Å². The monoisotopic (exact) mass is 276 g/mol. The molecule has 0 aromatic carbocycles. The van der Waals surface area contributed by atoms with Crippen molar-refractivity contribution in [1.82, 2.24) is 9.80 Å². The molecule has 1 amide bonds. The predicted octanol–water partition coefficient (Wildman–Crippen LogP) is -0.486. The van der Waals surface area contributed by atoms with Crippen LogP contribution >= 0.6 is 0 Å². The van der Waals surface area contributed by atoms with Gasteiger partial charge in [0.15, 0.2) is 0 Å².